The van der Waals surface area contributed by atoms with Crippen LogP contribution in [0.15, 0.2) is 42.6 Å². The van der Waals surface area contributed by atoms with Crippen molar-refractivity contribution in [1.29, 1.82) is 0 Å². The number of nitrogens with zero attached hydrogens (tertiary/aromatic N) is 2. The number of aryl methyl sites for hydroxylation is 2. The summed E-state index contributed by atoms with van der Waals surface area (Å²) in [5.74, 6) is 0. The minimum atomic E-state index is 0.618. The van der Waals surface area contributed by atoms with Crippen molar-refractivity contribution in [2.45, 2.75) is 13.8 Å². The number of aromatic nitrogens is 2. The van der Waals surface area contributed by atoms with Crippen LogP contribution < -0.4 is 0 Å². The van der Waals surface area contributed by atoms with Gasteiger partial charge in [-0.15, -0.1) is 11.3 Å². The van der Waals surface area contributed by atoms with Gasteiger partial charge in [0.05, 0.1) is 16.1 Å². The van der Waals surface area contributed by atoms with Crippen LogP contribution in [0.25, 0.3) is 16.3 Å². The van der Waals surface area contributed by atoms with Crippen LogP contribution in [-0.4, -0.2) is 16.1 Å². The van der Waals surface area contributed by atoms with Crippen molar-refractivity contribution in [2.24, 2.45) is 0 Å². The molecular weight excluding hydrogens is 268 g/mol. The first-order valence-corrected chi connectivity index (χ1v) is 7.18. The summed E-state index contributed by atoms with van der Waals surface area (Å²) < 4.78 is 1.76. The van der Waals surface area contributed by atoms with Crippen molar-refractivity contribution in [3.63, 3.8) is 0 Å². The van der Waals surface area contributed by atoms with Gasteiger partial charge in [0.2, 0.25) is 0 Å². The number of thiophene rings is 1. The number of rotatable bonds is 3. The molecule has 3 nitrogen and oxygen atoms in total. The Morgan fingerprint density at radius 3 is 2.45 bits per heavy atom. The number of hydrogen-bond acceptors (Lipinski definition) is 3. The molecule has 20 heavy (non-hydrogen) atoms. The number of carbonyl (C=O) groups excluding carboxylic acids is 1. The Kier molecular flexibility index (Phi) is 3.24. The average molecular weight is 282 g/mol. The molecule has 2 aromatic heterocycles. The zero-order valence-corrected chi connectivity index (χ0v) is 12.1. The molecule has 1 aromatic carbocycles. The fourth-order valence-electron chi connectivity index (χ4n) is 2.06. The van der Waals surface area contributed by atoms with Crippen LogP contribution in [-0.2, 0) is 0 Å². The Morgan fingerprint density at radius 2 is 1.85 bits per heavy atom. The Hall–Kier alpha value is -2.20. The topological polar surface area (TPSA) is 34.9 Å². The zero-order valence-electron chi connectivity index (χ0n) is 11.3. The van der Waals surface area contributed by atoms with Gasteiger partial charge in [-0.2, -0.15) is 5.10 Å². The van der Waals surface area contributed by atoms with Gasteiger partial charge in [0, 0.05) is 11.1 Å². The van der Waals surface area contributed by atoms with Crippen molar-refractivity contribution >= 4 is 17.6 Å². The predicted octanol–water partition coefficient (Wildman–Crippen LogP) is 4.03. The summed E-state index contributed by atoms with van der Waals surface area (Å²) in [5.41, 5.74) is 3.52. The molecule has 3 rings (SSSR count). The molecule has 0 amide bonds. The fourth-order valence-corrected chi connectivity index (χ4v) is 2.93. The molecule has 0 aliphatic carbocycles. The lowest BCUT2D eigenvalue weighted by Gasteiger charge is -2.01. The van der Waals surface area contributed by atoms with Gasteiger partial charge in [-0.1, -0.05) is 17.7 Å². The fraction of sp³-hybridized carbons (Fsp3) is 0.125. The van der Waals surface area contributed by atoms with E-state index in [0.29, 0.717) is 5.56 Å². The maximum Gasteiger partial charge on any atom is 0.153 e. The molecule has 0 saturated carbocycles. The van der Waals surface area contributed by atoms with Crippen molar-refractivity contribution in [1.82, 2.24) is 9.78 Å². The first kappa shape index (κ1) is 12.8. The normalized spacial score (nSPS) is 10.7. The van der Waals surface area contributed by atoms with Crippen LogP contribution >= 0.6 is 11.3 Å². The molecule has 0 unspecified atom stereocenters. The SMILES string of the molecule is Cc1ccc(-n2cc(C=O)c(-c3ccc(C)s3)n2)cc1. The molecule has 0 atom stereocenters. The zero-order chi connectivity index (χ0) is 14.1. The maximum absolute atomic E-state index is 11.3. The lowest BCUT2D eigenvalue weighted by molar-refractivity contribution is 0.112. The van der Waals surface area contributed by atoms with Crippen LogP contribution in [0.5, 0.6) is 0 Å². The van der Waals surface area contributed by atoms with E-state index < -0.39 is 0 Å². The lowest BCUT2D eigenvalue weighted by Crippen LogP contribution is -1.94. The third-order valence-electron chi connectivity index (χ3n) is 3.14. The van der Waals surface area contributed by atoms with E-state index in [1.54, 1.807) is 22.2 Å². The summed E-state index contributed by atoms with van der Waals surface area (Å²) in [6.07, 6.45) is 2.64. The Balaban J connectivity index is 2.09. The number of carbonyl (C=O) groups is 1. The molecule has 0 bridgehead atoms. The highest BCUT2D eigenvalue weighted by Gasteiger charge is 2.13. The van der Waals surface area contributed by atoms with Crippen LogP contribution in [0.2, 0.25) is 0 Å². The molecule has 0 saturated heterocycles. The van der Waals surface area contributed by atoms with E-state index >= 15 is 0 Å². The van der Waals surface area contributed by atoms with Crippen LogP contribution in [0, 0.1) is 13.8 Å². The quantitative estimate of drug-likeness (QED) is 0.680. The minimum Gasteiger partial charge on any atom is -0.298 e. The first-order valence-electron chi connectivity index (χ1n) is 6.36. The van der Waals surface area contributed by atoms with Crippen molar-refractivity contribution < 1.29 is 4.79 Å². The highest BCUT2D eigenvalue weighted by Crippen LogP contribution is 2.29. The van der Waals surface area contributed by atoms with Gasteiger partial charge >= 0.3 is 0 Å². The van der Waals surface area contributed by atoms with Gasteiger partial charge < -0.3 is 0 Å². The first-order chi connectivity index (χ1) is 9.67. The van der Waals surface area contributed by atoms with Gasteiger partial charge in [0.25, 0.3) is 0 Å². The van der Waals surface area contributed by atoms with Gasteiger partial charge in [-0.3, -0.25) is 4.79 Å². The average Bonchev–Trinajstić information content (AvgIpc) is 3.05. The second-order valence-electron chi connectivity index (χ2n) is 4.74. The number of benzene rings is 1. The summed E-state index contributed by atoms with van der Waals surface area (Å²) in [5, 5.41) is 4.56. The molecule has 0 spiro atoms. The molecule has 0 aliphatic rings. The van der Waals surface area contributed by atoms with E-state index in [0.717, 1.165) is 22.5 Å². The van der Waals surface area contributed by atoms with Crippen molar-refractivity contribution in [2.75, 3.05) is 0 Å². The molecule has 2 heterocycles. The van der Waals surface area contributed by atoms with E-state index in [-0.39, 0.29) is 0 Å². The van der Waals surface area contributed by atoms with Crippen LogP contribution in [0.1, 0.15) is 20.8 Å². The second-order valence-corrected chi connectivity index (χ2v) is 6.03. The number of hydrogen-bond donors (Lipinski definition) is 0. The van der Waals surface area contributed by atoms with Crippen molar-refractivity contribution in [3.8, 4) is 16.3 Å². The lowest BCUT2D eigenvalue weighted by atomic mass is 10.2. The Labute approximate surface area is 121 Å². The highest BCUT2D eigenvalue weighted by molar-refractivity contribution is 7.15. The summed E-state index contributed by atoms with van der Waals surface area (Å²) in [6.45, 7) is 4.09. The molecular formula is C16H14N2OS. The van der Waals surface area contributed by atoms with E-state index in [2.05, 4.69) is 5.10 Å². The smallest absolute Gasteiger partial charge is 0.153 e. The molecule has 3 aromatic rings. The summed E-state index contributed by atoms with van der Waals surface area (Å²) >= 11 is 1.65. The molecule has 0 aliphatic heterocycles. The monoisotopic (exact) mass is 282 g/mol. The maximum atomic E-state index is 11.3. The van der Waals surface area contributed by atoms with Crippen LogP contribution in [0.3, 0.4) is 0 Å². The third kappa shape index (κ3) is 2.30. The standard InChI is InChI=1S/C16H14N2OS/c1-11-3-6-14(7-4-11)18-9-13(10-19)16(17-18)15-8-5-12(2)20-15/h3-10H,1-2H3. The number of aldehydes is 1. The molecule has 0 fully saturated rings. The van der Waals surface area contributed by atoms with Gasteiger partial charge in [-0.25, -0.2) is 4.68 Å². The van der Waals surface area contributed by atoms with E-state index in [1.165, 1.54) is 10.4 Å². The molecule has 0 radical (unpaired) electrons. The van der Waals surface area contributed by atoms with E-state index in [9.17, 15) is 4.79 Å². The van der Waals surface area contributed by atoms with E-state index in [4.69, 9.17) is 0 Å². The van der Waals surface area contributed by atoms with Crippen LogP contribution in [0.4, 0.5) is 0 Å². The van der Waals surface area contributed by atoms with Gasteiger partial charge in [-0.05, 0) is 38.1 Å². The van der Waals surface area contributed by atoms with E-state index in [1.807, 2.05) is 50.2 Å². The third-order valence-corrected chi connectivity index (χ3v) is 4.15. The Morgan fingerprint density at radius 1 is 1.10 bits per heavy atom. The summed E-state index contributed by atoms with van der Waals surface area (Å²) in [7, 11) is 0. The second kappa shape index (κ2) is 5.06. The molecule has 0 N–H and O–H groups in total. The summed E-state index contributed by atoms with van der Waals surface area (Å²) in [4.78, 5) is 13.5. The predicted molar refractivity (Wildman–Crippen MR) is 81.7 cm³/mol. The van der Waals surface area contributed by atoms with Gasteiger partial charge in [0.15, 0.2) is 6.29 Å². The summed E-state index contributed by atoms with van der Waals surface area (Å²) in [6, 6.07) is 12.1. The molecule has 4 heteroatoms. The highest BCUT2D eigenvalue weighted by atomic mass is 32.1. The van der Waals surface area contributed by atoms with Gasteiger partial charge in [0.1, 0.15) is 5.69 Å². The van der Waals surface area contributed by atoms with Crippen molar-refractivity contribution in [3.05, 3.63) is 58.6 Å². The minimum absolute atomic E-state index is 0.618. The largest absolute Gasteiger partial charge is 0.298 e. The molecule has 100 valence electrons. The Bertz CT molecular complexity index is 753.